The van der Waals surface area contributed by atoms with E-state index in [4.69, 9.17) is 0 Å². The Bertz CT molecular complexity index is 153. The van der Waals surface area contributed by atoms with Crippen molar-refractivity contribution < 1.29 is 17.8 Å². The van der Waals surface area contributed by atoms with Crippen molar-refractivity contribution in [3.8, 4) is 0 Å². The van der Waals surface area contributed by atoms with E-state index in [-0.39, 0.29) is 18.5 Å². The first kappa shape index (κ1) is 8.53. The molecule has 0 unspecified atom stereocenters. The monoisotopic (exact) mass is 186 g/mol. The van der Waals surface area contributed by atoms with Gasteiger partial charge in [-0.1, -0.05) is 0 Å². The summed E-state index contributed by atoms with van der Waals surface area (Å²) in [5.41, 5.74) is 0. The van der Waals surface area contributed by atoms with Gasteiger partial charge in [-0.2, -0.15) is 11.8 Å². The maximum absolute atomic E-state index is 12.3. The minimum Gasteiger partial charge on any atom is -0.282 e. The van der Waals surface area contributed by atoms with Crippen LogP contribution >= 0.6 is 19.7 Å². The number of hydrogen-bond acceptors (Lipinski definition) is 4. The predicted octanol–water partition coefficient (Wildman–Crippen LogP) is 1.84. The van der Waals surface area contributed by atoms with Gasteiger partial charge in [0.25, 0.3) is 0 Å². The Kier molecular flexibility index (Phi) is 2.74. The molecule has 60 valence electrons. The van der Waals surface area contributed by atoms with Crippen LogP contribution in [0.2, 0.25) is 0 Å². The summed E-state index contributed by atoms with van der Waals surface area (Å²) in [6.07, 6.45) is 1.87. The van der Waals surface area contributed by atoms with Gasteiger partial charge in [-0.15, -0.1) is 4.20 Å². The molecule has 1 aliphatic rings. The van der Waals surface area contributed by atoms with Crippen LogP contribution in [-0.2, 0) is 13.6 Å². The van der Waals surface area contributed by atoms with Crippen LogP contribution in [0.15, 0.2) is 0 Å². The Morgan fingerprint density at radius 1 is 1.60 bits per heavy atom. The van der Waals surface area contributed by atoms with Crippen molar-refractivity contribution >= 4 is 19.7 Å². The van der Waals surface area contributed by atoms with Gasteiger partial charge in [0.1, 0.15) is 0 Å². The maximum atomic E-state index is 12.3. The van der Waals surface area contributed by atoms with Gasteiger partial charge in [0, 0.05) is 0 Å². The van der Waals surface area contributed by atoms with Crippen molar-refractivity contribution in [3.63, 3.8) is 0 Å². The largest absolute Gasteiger partial charge is 0.513 e. The van der Waals surface area contributed by atoms with Gasteiger partial charge in [-0.05, 0) is 6.26 Å². The summed E-state index contributed by atoms with van der Waals surface area (Å²) in [6.45, 7) is 0.351. The molecule has 0 aromatic carbocycles. The molecule has 0 aromatic heterocycles. The van der Waals surface area contributed by atoms with Crippen LogP contribution in [0, 0.1) is 0 Å². The molecule has 1 aliphatic heterocycles. The molecule has 1 rings (SSSR count). The van der Waals surface area contributed by atoms with E-state index in [0.29, 0.717) is 0 Å². The molecule has 1 fully saturated rings. The van der Waals surface area contributed by atoms with Gasteiger partial charge >= 0.3 is 7.91 Å². The Labute approximate surface area is 62.9 Å². The van der Waals surface area contributed by atoms with Crippen LogP contribution in [0.25, 0.3) is 0 Å². The number of hydrogen-bond donors (Lipinski definition) is 0. The van der Waals surface area contributed by atoms with Crippen LogP contribution in [0.3, 0.4) is 0 Å². The fraction of sp³-hybridized carbons (Fsp3) is 1.00. The van der Waals surface area contributed by atoms with Crippen LogP contribution in [0.5, 0.6) is 0 Å². The minimum atomic E-state index is -4.15. The fourth-order valence-electron chi connectivity index (χ4n) is 0.566. The van der Waals surface area contributed by atoms with E-state index in [2.05, 4.69) is 9.05 Å². The fourth-order valence-corrected chi connectivity index (χ4v) is 1.97. The Morgan fingerprint density at radius 3 is 2.50 bits per heavy atom. The molecule has 10 heavy (non-hydrogen) atoms. The molecule has 0 aromatic rings. The second-order valence-corrected chi connectivity index (χ2v) is 4.40. The van der Waals surface area contributed by atoms with E-state index in [1.807, 2.05) is 6.26 Å². The first-order valence-electron chi connectivity index (χ1n) is 2.75. The molecule has 1 saturated heterocycles. The van der Waals surface area contributed by atoms with E-state index < -0.39 is 7.91 Å². The van der Waals surface area contributed by atoms with Crippen LogP contribution < -0.4 is 0 Å². The van der Waals surface area contributed by atoms with Gasteiger partial charge in [0.15, 0.2) is 0 Å². The zero-order valence-corrected chi connectivity index (χ0v) is 7.16. The van der Waals surface area contributed by atoms with E-state index in [0.717, 1.165) is 0 Å². The molecule has 0 spiro atoms. The van der Waals surface area contributed by atoms with E-state index >= 15 is 0 Å². The molecule has 0 atom stereocenters. The number of thioether (sulfide) groups is 1. The molecule has 3 nitrogen and oxygen atoms in total. The minimum absolute atomic E-state index is 0.109. The highest BCUT2D eigenvalue weighted by Crippen LogP contribution is 2.52. The van der Waals surface area contributed by atoms with Crippen molar-refractivity contribution in [3.05, 3.63) is 0 Å². The molecular formula is C4H8FO3PS. The third-order valence-corrected chi connectivity index (χ3v) is 3.02. The molecule has 0 amide bonds. The molecule has 0 N–H and O–H groups in total. The van der Waals surface area contributed by atoms with Gasteiger partial charge in [-0.25, -0.2) is 4.57 Å². The molecule has 0 aliphatic carbocycles. The Morgan fingerprint density at radius 2 is 2.10 bits per heavy atom. The Hall–Kier alpha value is 0.430. The molecule has 1 heterocycles. The summed E-state index contributed by atoms with van der Waals surface area (Å²) in [5, 5.41) is 0.109. The lowest BCUT2D eigenvalue weighted by Crippen LogP contribution is -2.21. The lowest BCUT2D eigenvalue weighted by molar-refractivity contribution is 0.127. The smallest absolute Gasteiger partial charge is 0.282 e. The lowest BCUT2D eigenvalue weighted by Gasteiger charge is -2.21. The molecule has 0 bridgehead atoms. The van der Waals surface area contributed by atoms with Gasteiger partial charge in [0.2, 0.25) is 0 Å². The van der Waals surface area contributed by atoms with Crippen LogP contribution in [-0.4, -0.2) is 24.7 Å². The van der Waals surface area contributed by atoms with Crippen molar-refractivity contribution in [1.82, 2.24) is 0 Å². The number of halogens is 1. The third kappa shape index (κ3) is 2.23. The van der Waals surface area contributed by atoms with E-state index in [1.54, 1.807) is 0 Å². The van der Waals surface area contributed by atoms with Crippen molar-refractivity contribution in [2.24, 2.45) is 0 Å². The summed E-state index contributed by atoms with van der Waals surface area (Å²) in [7, 11) is -4.15. The van der Waals surface area contributed by atoms with E-state index in [1.165, 1.54) is 11.8 Å². The first-order chi connectivity index (χ1) is 4.64. The lowest BCUT2D eigenvalue weighted by atomic mass is 10.5. The molecular weight excluding hydrogens is 178 g/mol. The van der Waals surface area contributed by atoms with Crippen LogP contribution in [0.1, 0.15) is 0 Å². The van der Waals surface area contributed by atoms with Crippen molar-refractivity contribution in [2.75, 3.05) is 19.5 Å². The van der Waals surface area contributed by atoms with Crippen LogP contribution in [0.4, 0.5) is 4.20 Å². The predicted molar refractivity (Wildman–Crippen MR) is 37.9 cm³/mol. The maximum Gasteiger partial charge on any atom is 0.513 e. The second kappa shape index (κ2) is 3.22. The number of rotatable bonds is 1. The average molecular weight is 186 g/mol. The Balaban J connectivity index is 2.38. The highest BCUT2D eigenvalue weighted by atomic mass is 32.2. The zero-order valence-electron chi connectivity index (χ0n) is 5.45. The highest BCUT2D eigenvalue weighted by Gasteiger charge is 2.31. The summed E-state index contributed by atoms with van der Waals surface area (Å²) in [4.78, 5) is 0. The van der Waals surface area contributed by atoms with Crippen molar-refractivity contribution in [1.29, 1.82) is 0 Å². The quantitative estimate of drug-likeness (QED) is 0.585. The summed E-state index contributed by atoms with van der Waals surface area (Å²) in [5.74, 6) is 0. The van der Waals surface area contributed by atoms with Gasteiger partial charge in [-0.3, -0.25) is 9.05 Å². The normalized spacial score (nSPS) is 41.6. The summed E-state index contributed by atoms with van der Waals surface area (Å²) < 4.78 is 31.3. The first-order valence-corrected chi connectivity index (χ1v) is 5.48. The molecule has 6 heteroatoms. The van der Waals surface area contributed by atoms with Gasteiger partial charge in [0.05, 0.1) is 18.5 Å². The van der Waals surface area contributed by atoms with Crippen molar-refractivity contribution in [2.45, 2.75) is 5.25 Å². The standard InChI is InChI=1S/C4H8FO3PS/c1-10-4-2-7-9(5,6)8-3-4/h4H,2-3H2,1H3. The second-order valence-electron chi connectivity index (χ2n) is 1.88. The third-order valence-electron chi connectivity index (χ3n) is 1.16. The average Bonchev–Trinajstić information content (AvgIpc) is 1.88. The van der Waals surface area contributed by atoms with E-state index in [9.17, 15) is 8.76 Å². The zero-order chi connectivity index (χ0) is 7.61. The summed E-state index contributed by atoms with van der Waals surface area (Å²) >= 11 is 1.51. The SMILES string of the molecule is CSC1COP(=O)(F)OC1. The molecule has 0 radical (unpaired) electrons. The summed E-state index contributed by atoms with van der Waals surface area (Å²) in [6, 6.07) is 0. The topological polar surface area (TPSA) is 35.5 Å². The molecule has 0 saturated carbocycles. The highest BCUT2D eigenvalue weighted by molar-refractivity contribution is 7.99. The van der Waals surface area contributed by atoms with Gasteiger partial charge < -0.3 is 0 Å².